The SMILES string of the molecule is CCC(C)OC1CCC(C(C)CC=O)C(C)C1. The van der Waals surface area contributed by atoms with Crippen LogP contribution in [0.1, 0.15) is 59.8 Å². The predicted octanol–water partition coefficient (Wildman–Crippen LogP) is 3.83. The highest BCUT2D eigenvalue weighted by atomic mass is 16.5. The van der Waals surface area contributed by atoms with Crippen molar-refractivity contribution in [1.82, 2.24) is 0 Å². The first kappa shape index (κ1) is 14.7. The van der Waals surface area contributed by atoms with Crippen LogP contribution in [0.5, 0.6) is 0 Å². The van der Waals surface area contributed by atoms with E-state index in [1.807, 2.05) is 0 Å². The van der Waals surface area contributed by atoms with Gasteiger partial charge in [-0.05, 0) is 50.4 Å². The molecular weight excluding hydrogens is 212 g/mol. The lowest BCUT2D eigenvalue weighted by Gasteiger charge is -2.38. The highest BCUT2D eigenvalue weighted by molar-refractivity contribution is 5.49. The van der Waals surface area contributed by atoms with Crippen LogP contribution in [0.15, 0.2) is 0 Å². The van der Waals surface area contributed by atoms with Crippen molar-refractivity contribution >= 4 is 6.29 Å². The maximum atomic E-state index is 10.6. The van der Waals surface area contributed by atoms with Gasteiger partial charge in [0.15, 0.2) is 0 Å². The van der Waals surface area contributed by atoms with E-state index in [2.05, 4.69) is 27.7 Å². The van der Waals surface area contributed by atoms with Gasteiger partial charge >= 0.3 is 0 Å². The molecule has 2 heteroatoms. The lowest BCUT2D eigenvalue weighted by molar-refractivity contribution is -0.109. The average Bonchev–Trinajstić information content (AvgIpc) is 2.29. The summed E-state index contributed by atoms with van der Waals surface area (Å²) in [6, 6.07) is 0. The Morgan fingerprint density at radius 1 is 1.35 bits per heavy atom. The van der Waals surface area contributed by atoms with Crippen molar-refractivity contribution in [2.24, 2.45) is 17.8 Å². The van der Waals surface area contributed by atoms with Gasteiger partial charge in [0.25, 0.3) is 0 Å². The van der Waals surface area contributed by atoms with Crippen molar-refractivity contribution in [1.29, 1.82) is 0 Å². The summed E-state index contributed by atoms with van der Waals surface area (Å²) in [5.74, 6) is 1.93. The van der Waals surface area contributed by atoms with Crippen molar-refractivity contribution in [3.8, 4) is 0 Å². The fourth-order valence-electron chi connectivity index (χ4n) is 3.09. The molecule has 17 heavy (non-hydrogen) atoms. The summed E-state index contributed by atoms with van der Waals surface area (Å²) >= 11 is 0. The molecule has 1 aliphatic rings. The number of hydrogen-bond acceptors (Lipinski definition) is 2. The lowest BCUT2D eigenvalue weighted by atomic mass is 9.72. The third-order valence-electron chi connectivity index (χ3n) is 4.39. The molecule has 0 aromatic heterocycles. The minimum absolute atomic E-state index is 0.385. The molecule has 0 aliphatic heterocycles. The van der Waals surface area contributed by atoms with E-state index >= 15 is 0 Å². The van der Waals surface area contributed by atoms with Crippen LogP contribution in [0.2, 0.25) is 0 Å². The van der Waals surface area contributed by atoms with Crippen LogP contribution in [-0.4, -0.2) is 18.5 Å². The van der Waals surface area contributed by atoms with E-state index in [-0.39, 0.29) is 0 Å². The molecule has 100 valence electrons. The highest BCUT2D eigenvalue weighted by Gasteiger charge is 2.31. The molecule has 0 bridgehead atoms. The minimum atomic E-state index is 0.385. The zero-order chi connectivity index (χ0) is 12.8. The normalized spacial score (nSPS) is 33.1. The van der Waals surface area contributed by atoms with E-state index in [1.54, 1.807) is 0 Å². The third kappa shape index (κ3) is 4.42. The third-order valence-corrected chi connectivity index (χ3v) is 4.39. The van der Waals surface area contributed by atoms with Gasteiger partial charge in [-0.3, -0.25) is 0 Å². The number of rotatable bonds is 6. The first-order valence-electron chi connectivity index (χ1n) is 7.17. The summed E-state index contributed by atoms with van der Waals surface area (Å²) in [4.78, 5) is 10.6. The maximum Gasteiger partial charge on any atom is 0.120 e. The zero-order valence-corrected chi connectivity index (χ0v) is 11.8. The van der Waals surface area contributed by atoms with Gasteiger partial charge in [0.1, 0.15) is 6.29 Å². The molecular formula is C15H28O2. The molecule has 1 rings (SSSR count). The Balaban J connectivity index is 2.41. The molecule has 0 spiro atoms. The average molecular weight is 240 g/mol. The molecule has 0 aromatic rings. The van der Waals surface area contributed by atoms with Crippen LogP contribution in [0.3, 0.4) is 0 Å². The number of ether oxygens (including phenoxy) is 1. The van der Waals surface area contributed by atoms with Gasteiger partial charge in [-0.2, -0.15) is 0 Å². The molecule has 5 atom stereocenters. The van der Waals surface area contributed by atoms with Gasteiger partial charge in [0.2, 0.25) is 0 Å². The highest BCUT2D eigenvalue weighted by Crippen LogP contribution is 2.37. The summed E-state index contributed by atoms with van der Waals surface area (Å²) < 4.78 is 6.03. The first-order valence-corrected chi connectivity index (χ1v) is 7.17. The molecule has 0 N–H and O–H groups in total. The molecule has 0 radical (unpaired) electrons. The van der Waals surface area contributed by atoms with E-state index in [0.717, 1.165) is 19.1 Å². The van der Waals surface area contributed by atoms with Crippen LogP contribution in [-0.2, 0) is 9.53 Å². The summed E-state index contributed by atoms with van der Waals surface area (Å²) in [6.07, 6.45) is 7.26. The minimum Gasteiger partial charge on any atom is -0.375 e. The summed E-state index contributed by atoms with van der Waals surface area (Å²) in [5, 5.41) is 0. The van der Waals surface area contributed by atoms with Gasteiger partial charge in [-0.1, -0.05) is 20.8 Å². The second-order valence-electron chi connectivity index (χ2n) is 5.81. The molecule has 1 saturated carbocycles. The van der Waals surface area contributed by atoms with Crippen molar-refractivity contribution in [3.63, 3.8) is 0 Å². The Hall–Kier alpha value is -0.370. The van der Waals surface area contributed by atoms with E-state index in [9.17, 15) is 4.79 Å². The molecule has 5 unspecified atom stereocenters. The van der Waals surface area contributed by atoms with Gasteiger partial charge < -0.3 is 9.53 Å². The van der Waals surface area contributed by atoms with Crippen molar-refractivity contribution in [2.45, 2.75) is 72.0 Å². The van der Waals surface area contributed by atoms with Gasteiger partial charge in [-0.15, -0.1) is 0 Å². The molecule has 0 saturated heterocycles. The van der Waals surface area contributed by atoms with Crippen LogP contribution in [0.25, 0.3) is 0 Å². The molecule has 1 fully saturated rings. The Morgan fingerprint density at radius 3 is 2.59 bits per heavy atom. The Bertz CT molecular complexity index is 227. The molecule has 2 nitrogen and oxygen atoms in total. The fourth-order valence-corrected chi connectivity index (χ4v) is 3.09. The standard InChI is InChI=1S/C15H28O2/c1-5-13(4)17-14-6-7-15(12(3)10-14)11(2)8-9-16/h9,11-15H,5-8,10H2,1-4H3. The summed E-state index contributed by atoms with van der Waals surface area (Å²) in [6.45, 7) is 8.86. The molecule has 1 aliphatic carbocycles. The number of aldehydes is 1. The van der Waals surface area contributed by atoms with Crippen molar-refractivity contribution in [3.05, 3.63) is 0 Å². The summed E-state index contributed by atoms with van der Waals surface area (Å²) in [7, 11) is 0. The van der Waals surface area contributed by atoms with Gasteiger partial charge in [0, 0.05) is 6.42 Å². The van der Waals surface area contributed by atoms with Crippen LogP contribution in [0.4, 0.5) is 0 Å². The fraction of sp³-hybridized carbons (Fsp3) is 0.933. The topological polar surface area (TPSA) is 26.3 Å². The smallest absolute Gasteiger partial charge is 0.120 e. The van der Waals surface area contributed by atoms with E-state index in [4.69, 9.17) is 4.74 Å². The quantitative estimate of drug-likeness (QED) is 0.659. The zero-order valence-electron chi connectivity index (χ0n) is 11.8. The second kappa shape index (κ2) is 7.15. The number of carbonyl (C=O) groups is 1. The largest absolute Gasteiger partial charge is 0.375 e. The van der Waals surface area contributed by atoms with Crippen LogP contribution >= 0.6 is 0 Å². The van der Waals surface area contributed by atoms with Crippen molar-refractivity contribution < 1.29 is 9.53 Å². The number of carbonyl (C=O) groups excluding carboxylic acids is 1. The molecule has 0 aromatic carbocycles. The Labute approximate surface area is 106 Å². The summed E-state index contributed by atoms with van der Waals surface area (Å²) in [5.41, 5.74) is 0. The monoisotopic (exact) mass is 240 g/mol. The Morgan fingerprint density at radius 2 is 2.06 bits per heavy atom. The second-order valence-corrected chi connectivity index (χ2v) is 5.81. The van der Waals surface area contributed by atoms with E-state index in [0.29, 0.717) is 36.4 Å². The molecule has 0 heterocycles. The van der Waals surface area contributed by atoms with E-state index in [1.165, 1.54) is 12.8 Å². The first-order chi connectivity index (χ1) is 8.08. The van der Waals surface area contributed by atoms with Crippen molar-refractivity contribution in [2.75, 3.05) is 0 Å². The lowest BCUT2D eigenvalue weighted by Crippen LogP contribution is -2.33. The van der Waals surface area contributed by atoms with Gasteiger partial charge in [0.05, 0.1) is 12.2 Å². The predicted molar refractivity (Wildman–Crippen MR) is 71.0 cm³/mol. The van der Waals surface area contributed by atoms with Gasteiger partial charge in [-0.25, -0.2) is 0 Å². The number of hydrogen-bond donors (Lipinski definition) is 0. The maximum absolute atomic E-state index is 10.6. The van der Waals surface area contributed by atoms with Crippen LogP contribution < -0.4 is 0 Å². The molecule has 0 amide bonds. The van der Waals surface area contributed by atoms with Crippen LogP contribution in [0, 0.1) is 17.8 Å². The van der Waals surface area contributed by atoms with E-state index < -0.39 is 0 Å². The Kier molecular flexibility index (Phi) is 6.18.